The van der Waals surface area contributed by atoms with Gasteiger partial charge in [-0.2, -0.15) is 0 Å². The molecule has 1 N–H and O–H groups in total. The molecule has 0 aromatic heterocycles. The van der Waals surface area contributed by atoms with Gasteiger partial charge >= 0.3 is 0 Å². The van der Waals surface area contributed by atoms with Crippen LogP contribution in [0.2, 0.25) is 0 Å². The maximum atomic E-state index is 5.99. The molecule has 0 saturated heterocycles. The third-order valence-corrected chi connectivity index (χ3v) is 3.90. The maximum absolute atomic E-state index is 5.99. The van der Waals surface area contributed by atoms with E-state index < -0.39 is 0 Å². The summed E-state index contributed by atoms with van der Waals surface area (Å²) in [6.45, 7) is 15.3. The van der Waals surface area contributed by atoms with E-state index in [4.69, 9.17) is 4.74 Å². The predicted molar refractivity (Wildman–Crippen MR) is 83.3 cm³/mol. The van der Waals surface area contributed by atoms with Gasteiger partial charge in [0, 0.05) is 18.6 Å². The summed E-state index contributed by atoms with van der Waals surface area (Å²) in [6, 6.07) is 0. The highest BCUT2D eigenvalue weighted by molar-refractivity contribution is 4.93. The molecule has 1 rings (SSSR count). The van der Waals surface area contributed by atoms with E-state index in [1.54, 1.807) is 0 Å². The molecule has 0 bridgehead atoms. The van der Waals surface area contributed by atoms with Crippen LogP contribution in [0.15, 0.2) is 12.2 Å². The lowest BCUT2D eigenvalue weighted by atomic mass is 9.85. The lowest BCUT2D eigenvalue weighted by molar-refractivity contribution is 0.0281. The van der Waals surface area contributed by atoms with Gasteiger partial charge in [0.1, 0.15) is 0 Å². The van der Waals surface area contributed by atoms with Crippen LogP contribution in [-0.4, -0.2) is 26.3 Å². The van der Waals surface area contributed by atoms with Crippen LogP contribution in [0.4, 0.5) is 0 Å². The Bertz CT molecular complexity index is 270. The Morgan fingerprint density at radius 1 is 1.26 bits per heavy atom. The average Bonchev–Trinajstić information content (AvgIpc) is 2.30. The van der Waals surface area contributed by atoms with Crippen molar-refractivity contribution in [2.24, 2.45) is 23.2 Å². The van der Waals surface area contributed by atoms with E-state index in [0.717, 1.165) is 32.2 Å². The fourth-order valence-corrected chi connectivity index (χ4v) is 2.48. The van der Waals surface area contributed by atoms with E-state index in [9.17, 15) is 0 Å². The van der Waals surface area contributed by atoms with Gasteiger partial charge in [0.15, 0.2) is 0 Å². The highest BCUT2D eigenvalue weighted by atomic mass is 16.5. The predicted octanol–water partition coefficient (Wildman–Crippen LogP) is 3.88. The van der Waals surface area contributed by atoms with Crippen LogP contribution in [0.1, 0.15) is 47.5 Å². The Hall–Kier alpha value is -0.340. The molecule has 1 aliphatic carbocycles. The van der Waals surface area contributed by atoms with E-state index in [-0.39, 0.29) is 5.41 Å². The topological polar surface area (TPSA) is 21.3 Å². The fourth-order valence-electron chi connectivity index (χ4n) is 2.48. The summed E-state index contributed by atoms with van der Waals surface area (Å²) in [5.41, 5.74) is 0.225. The Balaban J connectivity index is 2.17. The Morgan fingerprint density at radius 2 is 1.95 bits per heavy atom. The first-order valence-electron chi connectivity index (χ1n) is 7.84. The van der Waals surface area contributed by atoms with Crippen molar-refractivity contribution < 1.29 is 4.74 Å². The average molecular weight is 267 g/mol. The Labute approximate surface area is 120 Å². The summed E-state index contributed by atoms with van der Waals surface area (Å²) < 4.78 is 5.99. The summed E-state index contributed by atoms with van der Waals surface area (Å²) in [4.78, 5) is 0. The van der Waals surface area contributed by atoms with E-state index in [1.807, 2.05) is 0 Å². The quantitative estimate of drug-likeness (QED) is 0.674. The molecular formula is C17H33NO. The summed E-state index contributed by atoms with van der Waals surface area (Å²) >= 11 is 0. The van der Waals surface area contributed by atoms with Gasteiger partial charge in [-0.05, 0) is 37.1 Å². The Kier molecular flexibility index (Phi) is 7.09. The SMILES string of the molecule is CC(C)CNCC(C)(C)COCC1CC=CCC1C. The monoisotopic (exact) mass is 267 g/mol. The van der Waals surface area contributed by atoms with E-state index in [1.165, 1.54) is 12.8 Å². The minimum atomic E-state index is 0.225. The van der Waals surface area contributed by atoms with Crippen LogP contribution >= 0.6 is 0 Å². The van der Waals surface area contributed by atoms with Crippen molar-refractivity contribution in [1.29, 1.82) is 0 Å². The Morgan fingerprint density at radius 3 is 2.58 bits per heavy atom. The first kappa shape index (κ1) is 16.7. The van der Waals surface area contributed by atoms with E-state index in [0.29, 0.717) is 11.8 Å². The van der Waals surface area contributed by atoms with Gasteiger partial charge in [-0.3, -0.25) is 0 Å². The van der Waals surface area contributed by atoms with Crippen molar-refractivity contribution in [3.05, 3.63) is 12.2 Å². The third kappa shape index (κ3) is 7.12. The smallest absolute Gasteiger partial charge is 0.0529 e. The van der Waals surface area contributed by atoms with Crippen LogP contribution in [-0.2, 0) is 4.74 Å². The molecule has 0 amide bonds. The first-order valence-corrected chi connectivity index (χ1v) is 7.84. The molecule has 19 heavy (non-hydrogen) atoms. The van der Waals surface area contributed by atoms with Gasteiger partial charge in [0.25, 0.3) is 0 Å². The second-order valence-corrected chi connectivity index (χ2v) is 7.38. The zero-order valence-corrected chi connectivity index (χ0v) is 13.5. The number of ether oxygens (including phenoxy) is 1. The summed E-state index contributed by atoms with van der Waals surface area (Å²) in [5, 5.41) is 3.53. The van der Waals surface area contributed by atoms with Crippen molar-refractivity contribution in [2.45, 2.75) is 47.5 Å². The summed E-state index contributed by atoms with van der Waals surface area (Å²) in [6.07, 6.45) is 7.02. The van der Waals surface area contributed by atoms with Crippen molar-refractivity contribution in [1.82, 2.24) is 5.32 Å². The van der Waals surface area contributed by atoms with Crippen molar-refractivity contribution in [3.8, 4) is 0 Å². The van der Waals surface area contributed by atoms with Crippen LogP contribution in [0.25, 0.3) is 0 Å². The van der Waals surface area contributed by atoms with Crippen molar-refractivity contribution in [2.75, 3.05) is 26.3 Å². The number of nitrogens with one attached hydrogen (secondary N) is 1. The molecular weight excluding hydrogens is 234 g/mol. The molecule has 0 heterocycles. The molecule has 2 atom stereocenters. The number of hydrogen-bond donors (Lipinski definition) is 1. The van der Waals surface area contributed by atoms with Crippen LogP contribution in [0.3, 0.4) is 0 Å². The molecule has 112 valence electrons. The van der Waals surface area contributed by atoms with Crippen LogP contribution in [0.5, 0.6) is 0 Å². The zero-order valence-electron chi connectivity index (χ0n) is 13.5. The van der Waals surface area contributed by atoms with Gasteiger partial charge < -0.3 is 10.1 Å². The number of hydrogen-bond acceptors (Lipinski definition) is 2. The second-order valence-electron chi connectivity index (χ2n) is 7.38. The maximum Gasteiger partial charge on any atom is 0.0529 e. The highest BCUT2D eigenvalue weighted by Gasteiger charge is 2.21. The summed E-state index contributed by atoms with van der Waals surface area (Å²) in [5.74, 6) is 2.20. The minimum absolute atomic E-state index is 0.225. The molecule has 0 spiro atoms. The van der Waals surface area contributed by atoms with Gasteiger partial charge in [0.05, 0.1) is 6.61 Å². The first-order chi connectivity index (χ1) is 8.91. The molecule has 0 aromatic rings. The molecule has 1 aliphatic rings. The molecule has 2 heteroatoms. The molecule has 2 unspecified atom stereocenters. The van der Waals surface area contributed by atoms with Crippen LogP contribution < -0.4 is 5.32 Å². The summed E-state index contributed by atoms with van der Waals surface area (Å²) in [7, 11) is 0. The molecule has 0 aromatic carbocycles. The van der Waals surface area contributed by atoms with Gasteiger partial charge in [-0.15, -0.1) is 0 Å². The molecule has 0 aliphatic heterocycles. The van der Waals surface area contributed by atoms with Gasteiger partial charge in [-0.25, -0.2) is 0 Å². The molecule has 0 saturated carbocycles. The second kappa shape index (κ2) is 8.06. The number of rotatable bonds is 8. The lowest BCUT2D eigenvalue weighted by Crippen LogP contribution is -2.35. The molecule has 0 fully saturated rings. The third-order valence-electron chi connectivity index (χ3n) is 3.90. The van der Waals surface area contributed by atoms with Gasteiger partial charge in [0.2, 0.25) is 0 Å². The van der Waals surface area contributed by atoms with E-state index in [2.05, 4.69) is 52.1 Å². The van der Waals surface area contributed by atoms with E-state index >= 15 is 0 Å². The standard InChI is InChI=1S/C17H33NO/c1-14(2)10-18-12-17(4,5)13-19-11-16-9-7-6-8-15(16)3/h6-7,14-16,18H,8-13H2,1-5H3. The van der Waals surface area contributed by atoms with Crippen molar-refractivity contribution in [3.63, 3.8) is 0 Å². The molecule has 2 nitrogen and oxygen atoms in total. The molecule has 0 radical (unpaired) electrons. The highest BCUT2D eigenvalue weighted by Crippen LogP contribution is 2.25. The normalized spacial score (nSPS) is 24.1. The zero-order chi connectivity index (χ0) is 14.3. The van der Waals surface area contributed by atoms with Gasteiger partial charge in [-0.1, -0.05) is 46.8 Å². The lowest BCUT2D eigenvalue weighted by Gasteiger charge is -2.29. The minimum Gasteiger partial charge on any atom is -0.381 e. The van der Waals surface area contributed by atoms with Crippen molar-refractivity contribution >= 4 is 0 Å². The number of allylic oxidation sites excluding steroid dienone is 2. The fraction of sp³-hybridized carbons (Fsp3) is 0.882. The largest absolute Gasteiger partial charge is 0.381 e. The van der Waals surface area contributed by atoms with Crippen LogP contribution in [0, 0.1) is 23.2 Å².